The Hall–Kier alpha value is -3.25. The van der Waals surface area contributed by atoms with Crippen molar-refractivity contribution in [3.63, 3.8) is 0 Å². The second-order valence-corrected chi connectivity index (χ2v) is 8.67. The van der Waals surface area contributed by atoms with Crippen molar-refractivity contribution in [3.05, 3.63) is 95.3 Å². The largest absolute Gasteiger partial charge is 0.448 e. The highest BCUT2D eigenvalue weighted by Gasteiger charge is 2.33. The lowest BCUT2D eigenvalue weighted by molar-refractivity contribution is 0.0628. The van der Waals surface area contributed by atoms with Gasteiger partial charge in [-0.2, -0.15) is 0 Å². The summed E-state index contributed by atoms with van der Waals surface area (Å²) in [5.74, 6) is -0.309. The van der Waals surface area contributed by atoms with E-state index in [1.807, 2.05) is 24.3 Å². The normalized spacial score (nSPS) is 19.8. The third-order valence-electron chi connectivity index (χ3n) is 6.62. The van der Waals surface area contributed by atoms with Gasteiger partial charge in [-0.3, -0.25) is 0 Å². The molecule has 6 heteroatoms. The van der Waals surface area contributed by atoms with Gasteiger partial charge in [0.05, 0.1) is 6.54 Å². The number of nitrogens with one attached hydrogen (secondary N) is 1. The number of nitrogens with zero attached hydrogens (tertiary/aromatic N) is 1. The molecule has 5 rings (SSSR count). The van der Waals surface area contributed by atoms with Crippen LogP contribution in [0.5, 0.6) is 0 Å². The van der Waals surface area contributed by atoms with Crippen LogP contribution >= 0.6 is 0 Å². The molecule has 33 heavy (non-hydrogen) atoms. The van der Waals surface area contributed by atoms with Crippen LogP contribution in [-0.4, -0.2) is 42.9 Å². The molecule has 3 aromatic rings. The van der Waals surface area contributed by atoms with Crippen molar-refractivity contribution in [1.29, 1.82) is 0 Å². The third-order valence-corrected chi connectivity index (χ3v) is 6.62. The van der Waals surface area contributed by atoms with Crippen molar-refractivity contribution in [2.24, 2.45) is 0 Å². The molecular weight excluding hydrogens is 422 g/mol. The first-order chi connectivity index (χ1) is 16.1. The number of alkyl halides is 1. The zero-order valence-corrected chi connectivity index (χ0v) is 18.2. The molecule has 1 aliphatic heterocycles. The van der Waals surface area contributed by atoms with Crippen LogP contribution in [0, 0.1) is 5.82 Å². The van der Waals surface area contributed by atoms with Crippen molar-refractivity contribution < 1.29 is 18.3 Å². The molecule has 0 saturated carbocycles. The van der Waals surface area contributed by atoms with Crippen molar-refractivity contribution >= 4 is 6.09 Å². The molecule has 1 amide bonds. The topological polar surface area (TPSA) is 41.6 Å². The summed E-state index contributed by atoms with van der Waals surface area (Å²) < 4.78 is 33.5. The Morgan fingerprint density at radius 1 is 0.970 bits per heavy atom. The zero-order chi connectivity index (χ0) is 22.8. The van der Waals surface area contributed by atoms with Crippen LogP contribution in [0.2, 0.25) is 0 Å². The predicted molar refractivity (Wildman–Crippen MR) is 123 cm³/mol. The van der Waals surface area contributed by atoms with Crippen molar-refractivity contribution in [1.82, 2.24) is 10.2 Å². The Morgan fingerprint density at radius 3 is 2.24 bits per heavy atom. The maximum Gasteiger partial charge on any atom is 0.409 e. The number of likely N-dealkylation sites (tertiary alicyclic amines) is 1. The van der Waals surface area contributed by atoms with Crippen molar-refractivity contribution in [2.75, 3.05) is 19.7 Å². The van der Waals surface area contributed by atoms with E-state index in [-0.39, 0.29) is 30.9 Å². The summed E-state index contributed by atoms with van der Waals surface area (Å²) in [5.41, 5.74) is 5.54. The number of halogens is 2. The van der Waals surface area contributed by atoms with Gasteiger partial charge in [0.2, 0.25) is 0 Å². The molecule has 2 aliphatic rings. The van der Waals surface area contributed by atoms with Gasteiger partial charge in [0, 0.05) is 25.0 Å². The van der Waals surface area contributed by atoms with E-state index in [0.717, 1.165) is 16.7 Å². The lowest BCUT2D eigenvalue weighted by Crippen LogP contribution is -2.52. The first-order valence-electron chi connectivity index (χ1n) is 11.3. The summed E-state index contributed by atoms with van der Waals surface area (Å²) >= 11 is 0. The fourth-order valence-electron chi connectivity index (χ4n) is 4.84. The zero-order valence-electron chi connectivity index (χ0n) is 18.2. The maximum absolute atomic E-state index is 14.8. The molecule has 1 N–H and O–H groups in total. The van der Waals surface area contributed by atoms with Gasteiger partial charge in [-0.1, -0.05) is 60.7 Å². The molecule has 170 valence electrons. The molecule has 1 fully saturated rings. The molecule has 0 unspecified atom stereocenters. The number of amides is 1. The third kappa shape index (κ3) is 4.48. The van der Waals surface area contributed by atoms with Crippen LogP contribution < -0.4 is 5.32 Å². The Balaban J connectivity index is 1.16. The number of hydrogen-bond acceptors (Lipinski definition) is 3. The number of benzene rings is 3. The SMILES string of the molecule is O=C(OCC1c2ccccc2-c2ccccc21)N1CC[C@@H](NCc2ccc(F)cc2)[C@@H](F)C1. The van der Waals surface area contributed by atoms with Gasteiger partial charge >= 0.3 is 6.09 Å². The second kappa shape index (κ2) is 9.32. The number of hydrogen-bond donors (Lipinski definition) is 1. The van der Waals surface area contributed by atoms with Crippen LogP contribution in [0.25, 0.3) is 11.1 Å². The van der Waals surface area contributed by atoms with Crippen LogP contribution in [0.4, 0.5) is 13.6 Å². The average molecular weight is 449 g/mol. The van der Waals surface area contributed by atoms with Crippen LogP contribution in [0.3, 0.4) is 0 Å². The van der Waals surface area contributed by atoms with Gasteiger partial charge in [0.25, 0.3) is 0 Å². The summed E-state index contributed by atoms with van der Waals surface area (Å²) in [5, 5.41) is 3.19. The monoisotopic (exact) mass is 448 g/mol. The summed E-state index contributed by atoms with van der Waals surface area (Å²) in [7, 11) is 0. The van der Waals surface area contributed by atoms with Crippen LogP contribution in [0.15, 0.2) is 72.8 Å². The summed E-state index contributed by atoms with van der Waals surface area (Å²) in [6, 6.07) is 22.1. The molecule has 4 nitrogen and oxygen atoms in total. The molecule has 1 heterocycles. The van der Waals surface area contributed by atoms with Crippen molar-refractivity contribution in [3.8, 4) is 11.1 Å². The van der Waals surface area contributed by atoms with Gasteiger partial charge < -0.3 is 15.0 Å². The highest BCUT2D eigenvalue weighted by Crippen LogP contribution is 2.44. The van der Waals surface area contributed by atoms with Gasteiger partial charge in [-0.05, 0) is 46.4 Å². The average Bonchev–Trinajstić information content (AvgIpc) is 3.16. The van der Waals surface area contributed by atoms with E-state index in [2.05, 4.69) is 29.6 Å². The minimum absolute atomic E-state index is 0.00222. The first-order valence-corrected chi connectivity index (χ1v) is 11.3. The highest BCUT2D eigenvalue weighted by atomic mass is 19.1. The molecule has 0 spiro atoms. The fraction of sp³-hybridized carbons (Fsp3) is 0.296. The number of rotatable bonds is 5. The molecular formula is C27H26F2N2O2. The molecule has 1 aliphatic carbocycles. The van der Waals surface area contributed by atoms with Gasteiger partial charge in [0.15, 0.2) is 0 Å². The molecule has 2 atom stereocenters. The number of piperidine rings is 1. The Labute approximate surface area is 192 Å². The predicted octanol–water partition coefficient (Wildman–Crippen LogP) is 5.28. The maximum atomic E-state index is 14.8. The van der Waals surface area contributed by atoms with E-state index >= 15 is 0 Å². The van der Waals surface area contributed by atoms with E-state index in [1.54, 1.807) is 12.1 Å². The standard InChI is InChI=1S/C27H26F2N2O2/c28-19-11-9-18(10-12-19)15-30-26-13-14-31(16-25(26)29)27(32)33-17-24-22-7-3-1-5-20(22)21-6-2-4-8-23(21)24/h1-12,24-26,30H,13-17H2/t25-,26+/m0/s1. The Morgan fingerprint density at radius 2 is 1.61 bits per heavy atom. The summed E-state index contributed by atoms with van der Waals surface area (Å²) in [4.78, 5) is 14.2. The summed E-state index contributed by atoms with van der Waals surface area (Å²) in [6.07, 6.45) is -1.18. The van der Waals surface area contributed by atoms with E-state index in [9.17, 15) is 13.6 Å². The van der Waals surface area contributed by atoms with E-state index < -0.39 is 12.3 Å². The Kier molecular flexibility index (Phi) is 6.09. The van der Waals surface area contributed by atoms with E-state index in [4.69, 9.17) is 4.74 Å². The molecule has 3 aromatic carbocycles. The van der Waals surface area contributed by atoms with Gasteiger partial charge in [-0.25, -0.2) is 13.6 Å². The quantitative estimate of drug-likeness (QED) is 0.578. The fourth-order valence-corrected chi connectivity index (χ4v) is 4.84. The van der Waals surface area contributed by atoms with Crippen LogP contribution in [0.1, 0.15) is 29.0 Å². The highest BCUT2D eigenvalue weighted by molar-refractivity contribution is 5.79. The van der Waals surface area contributed by atoms with Crippen molar-refractivity contribution in [2.45, 2.75) is 31.1 Å². The minimum Gasteiger partial charge on any atom is -0.448 e. The van der Waals surface area contributed by atoms with E-state index in [1.165, 1.54) is 28.2 Å². The summed E-state index contributed by atoms with van der Waals surface area (Å²) in [6.45, 7) is 1.11. The Bertz CT molecular complexity index is 1090. The molecule has 1 saturated heterocycles. The lowest BCUT2D eigenvalue weighted by Gasteiger charge is -2.34. The van der Waals surface area contributed by atoms with Gasteiger partial charge in [-0.15, -0.1) is 0 Å². The second-order valence-electron chi connectivity index (χ2n) is 8.67. The number of ether oxygens (including phenoxy) is 1. The molecule has 0 radical (unpaired) electrons. The van der Waals surface area contributed by atoms with Crippen LogP contribution in [-0.2, 0) is 11.3 Å². The smallest absolute Gasteiger partial charge is 0.409 e. The van der Waals surface area contributed by atoms with Gasteiger partial charge in [0.1, 0.15) is 18.6 Å². The number of carbonyl (C=O) groups excluding carboxylic acids is 1. The first kappa shape index (κ1) is 21.6. The lowest BCUT2D eigenvalue weighted by atomic mass is 9.98. The molecule has 0 bridgehead atoms. The number of fused-ring (bicyclic) bond motifs is 3. The number of carbonyl (C=O) groups is 1. The minimum atomic E-state index is -1.19. The molecule has 0 aromatic heterocycles. The van der Waals surface area contributed by atoms with E-state index in [0.29, 0.717) is 19.5 Å².